The Morgan fingerprint density at radius 2 is 1.68 bits per heavy atom. The smallest absolute Gasteiger partial charge is 0.343 e. The van der Waals surface area contributed by atoms with E-state index in [1.54, 1.807) is 42.5 Å². The van der Waals surface area contributed by atoms with Gasteiger partial charge in [-0.3, -0.25) is 4.79 Å². The number of aromatic amines is 1. The number of rotatable bonds is 9. The van der Waals surface area contributed by atoms with Gasteiger partial charge in [0.15, 0.2) is 11.5 Å². The lowest BCUT2D eigenvalue weighted by molar-refractivity contribution is 0.0729. The van der Waals surface area contributed by atoms with E-state index < -0.39 is 5.97 Å². The Bertz CT molecular complexity index is 1740. The fourth-order valence-corrected chi connectivity index (χ4v) is 4.63. The summed E-state index contributed by atoms with van der Waals surface area (Å²) in [5, 5.41) is 5.16. The topological polar surface area (TPSA) is 102 Å². The maximum Gasteiger partial charge on any atom is 0.343 e. The van der Waals surface area contributed by atoms with Crippen molar-refractivity contribution in [2.24, 2.45) is 5.10 Å². The van der Waals surface area contributed by atoms with Gasteiger partial charge in [-0.25, -0.2) is 10.2 Å². The highest BCUT2D eigenvalue weighted by Gasteiger charge is 2.20. The van der Waals surface area contributed by atoms with Crippen molar-refractivity contribution in [3.05, 3.63) is 113 Å². The number of carbonyl (C=O) groups is 2. The lowest BCUT2D eigenvalue weighted by Crippen LogP contribution is -2.19. The van der Waals surface area contributed by atoms with Crippen molar-refractivity contribution in [3.63, 3.8) is 0 Å². The molecule has 0 aliphatic heterocycles. The number of H-pyrrole nitrogens is 1. The fraction of sp³-hybridized carbons (Fsp3) is 0.121. The van der Waals surface area contributed by atoms with Crippen LogP contribution in [0.1, 0.15) is 38.9 Å². The van der Waals surface area contributed by atoms with Crippen molar-refractivity contribution in [1.82, 2.24) is 10.4 Å². The molecule has 1 heterocycles. The van der Waals surface area contributed by atoms with Crippen LogP contribution in [0.5, 0.6) is 17.2 Å². The minimum atomic E-state index is -0.547. The van der Waals surface area contributed by atoms with E-state index in [-0.39, 0.29) is 11.7 Å². The van der Waals surface area contributed by atoms with Gasteiger partial charge in [0.2, 0.25) is 0 Å². The van der Waals surface area contributed by atoms with Crippen LogP contribution < -0.4 is 19.6 Å². The van der Waals surface area contributed by atoms with E-state index in [4.69, 9.17) is 14.2 Å². The molecule has 0 spiro atoms. The zero-order valence-electron chi connectivity index (χ0n) is 22.9. The molecule has 0 saturated carbocycles. The van der Waals surface area contributed by atoms with Gasteiger partial charge in [0, 0.05) is 16.5 Å². The Labute approximate surface area is 237 Å². The molecule has 0 unspecified atom stereocenters. The Morgan fingerprint density at radius 1 is 0.878 bits per heavy atom. The first kappa shape index (κ1) is 27.2. The number of benzene rings is 4. The molecule has 4 aromatic carbocycles. The van der Waals surface area contributed by atoms with Crippen LogP contribution in [0.15, 0.2) is 96.1 Å². The lowest BCUT2D eigenvalue weighted by atomic mass is 10.00. The van der Waals surface area contributed by atoms with Gasteiger partial charge in [0.1, 0.15) is 11.4 Å². The van der Waals surface area contributed by atoms with Gasteiger partial charge in [-0.1, -0.05) is 61.5 Å². The number of aromatic nitrogens is 1. The van der Waals surface area contributed by atoms with E-state index in [0.717, 1.165) is 34.0 Å². The molecule has 0 aliphatic carbocycles. The predicted molar refractivity (Wildman–Crippen MR) is 159 cm³/mol. The van der Waals surface area contributed by atoms with Gasteiger partial charge in [0.05, 0.1) is 26.0 Å². The number of carbonyl (C=O) groups excluding carboxylic acids is 2. The van der Waals surface area contributed by atoms with Crippen molar-refractivity contribution < 1.29 is 23.8 Å². The van der Waals surface area contributed by atoms with Gasteiger partial charge in [0.25, 0.3) is 5.91 Å². The molecule has 5 rings (SSSR count). The summed E-state index contributed by atoms with van der Waals surface area (Å²) >= 11 is 0. The summed E-state index contributed by atoms with van der Waals surface area (Å²) in [5.41, 5.74) is 7.87. The summed E-state index contributed by atoms with van der Waals surface area (Å²) in [6, 6.07) is 27.5. The summed E-state index contributed by atoms with van der Waals surface area (Å²) in [6.07, 6.45) is 2.33. The monoisotopic (exact) mass is 547 g/mol. The maximum absolute atomic E-state index is 13.3. The number of hydrazone groups is 1. The molecular formula is C33H29N3O5. The molecule has 8 heteroatoms. The van der Waals surface area contributed by atoms with E-state index in [9.17, 15) is 9.59 Å². The Balaban J connectivity index is 1.35. The second-order valence-corrected chi connectivity index (χ2v) is 9.17. The largest absolute Gasteiger partial charge is 0.497 e. The molecule has 0 atom stereocenters. The molecular weight excluding hydrogens is 518 g/mol. The molecule has 0 fully saturated rings. The van der Waals surface area contributed by atoms with Crippen molar-refractivity contribution in [2.75, 3.05) is 14.2 Å². The number of nitrogens with one attached hydrogen (secondary N) is 2. The maximum atomic E-state index is 13.3. The standard InChI is InChI=1S/C33H29N3O5/c1-4-22-12-9-15-26-29(23-10-6-5-7-11-23)31(35-30(22)26)32(37)36-34-20-21-16-17-27(28(18-21)40-3)41-33(38)24-13-8-14-25(19-24)39-2/h5-20,35H,4H2,1-3H3,(H,36,37). The van der Waals surface area contributed by atoms with Gasteiger partial charge in [-0.2, -0.15) is 5.10 Å². The third kappa shape index (κ3) is 5.81. The highest BCUT2D eigenvalue weighted by molar-refractivity contribution is 6.10. The molecule has 5 aromatic rings. The van der Waals surface area contributed by atoms with E-state index >= 15 is 0 Å². The number of amides is 1. The molecule has 0 saturated heterocycles. The lowest BCUT2D eigenvalue weighted by Gasteiger charge is -2.10. The first-order chi connectivity index (χ1) is 20.0. The predicted octanol–water partition coefficient (Wildman–Crippen LogP) is 6.40. The number of esters is 1. The zero-order valence-corrected chi connectivity index (χ0v) is 22.9. The summed E-state index contributed by atoms with van der Waals surface area (Å²) in [4.78, 5) is 29.3. The summed E-state index contributed by atoms with van der Waals surface area (Å²) in [6.45, 7) is 2.08. The summed E-state index contributed by atoms with van der Waals surface area (Å²) in [5.74, 6) is 0.224. The first-order valence-electron chi connectivity index (χ1n) is 13.1. The summed E-state index contributed by atoms with van der Waals surface area (Å²) in [7, 11) is 3.01. The van der Waals surface area contributed by atoms with Gasteiger partial charge in [-0.05, 0) is 59.5 Å². The number of aryl methyl sites for hydroxylation is 1. The average Bonchev–Trinajstić information content (AvgIpc) is 3.42. The minimum Gasteiger partial charge on any atom is -0.497 e. The molecule has 2 N–H and O–H groups in total. The third-order valence-electron chi connectivity index (χ3n) is 6.67. The van der Waals surface area contributed by atoms with Crippen LogP contribution in [0.2, 0.25) is 0 Å². The number of nitrogens with zero attached hydrogens (tertiary/aromatic N) is 1. The molecule has 0 aliphatic rings. The molecule has 8 nitrogen and oxygen atoms in total. The van der Waals surface area contributed by atoms with Gasteiger partial charge >= 0.3 is 5.97 Å². The number of fused-ring (bicyclic) bond motifs is 1. The van der Waals surface area contributed by atoms with Gasteiger partial charge in [-0.15, -0.1) is 0 Å². The van der Waals surface area contributed by atoms with Crippen LogP contribution in [0.25, 0.3) is 22.0 Å². The minimum absolute atomic E-state index is 0.249. The molecule has 41 heavy (non-hydrogen) atoms. The summed E-state index contributed by atoms with van der Waals surface area (Å²) < 4.78 is 16.1. The van der Waals surface area contributed by atoms with Crippen molar-refractivity contribution >= 4 is 29.0 Å². The third-order valence-corrected chi connectivity index (χ3v) is 6.67. The second kappa shape index (κ2) is 12.2. The Hall–Kier alpha value is -5.37. The van der Waals surface area contributed by atoms with Crippen molar-refractivity contribution in [2.45, 2.75) is 13.3 Å². The normalized spacial score (nSPS) is 11.0. The fourth-order valence-electron chi connectivity index (χ4n) is 4.63. The molecule has 0 radical (unpaired) electrons. The Kier molecular flexibility index (Phi) is 8.10. The van der Waals surface area contributed by atoms with Crippen LogP contribution in [-0.2, 0) is 6.42 Å². The quantitative estimate of drug-likeness (QED) is 0.0963. The van der Waals surface area contributed by atoms with Crippen molar-refractivity contribution in [1.29, 1.82) is 0 Å². The molecule has 1 amide bonds. The highest BCUT2D eigenvalue weighted by atomic mass is 16.6. The SMILES string of the molecule is CCc1cccc2c(-c3ccccc3)c(C(=O)NN=Cc3ccc(OC(=O)c4cccc(OC)c4)c(OC)c3)[nH]c12. The molecule has 0 bridgehead atoms. The van der Waals surface area contributed by atoms with Crippen LogP contribution >= 0.6 is 0 Å². The van der Waals surface area contributed by atoms with Crippen LogP contribution in [0, 0.1) is 0 Å². The van der Waals surface area contributed by atoms with Crippen molar-refractivity contribution in [3.8, 4) is 28.4 Å². The zero-order chi connectivity index (χ0) is 28.8. The Morgan fingerprint density at radius 3 is 2.44 bits per heavy atom. The molecule has 206 valence electrons. The average molecular weight is 548 g/mol. The van der Waals surface area contributed by atoms with Crippen LogP contribution in [-0.4, -0.2) is 37.3 Å². The van der Waals surface area contributed by atoms with E-state index in [1.165, 1.54) is 20.4 Å². The van der Waals surface area contributed by atoms with Crippen LogP contribution in [0.3, 0.4) is 0 Å². The number of ether oxygens (including phenoxy) is 3. The number of para-hydroxylation sites is 1. The van der Waals surface area contributed by atoms with E-state index in [2.05, 4.69) is 28.5 Å². The van der Waals surface area contributed by atoms with E-state index in [0.29, 0.717) is 28.3 Å². The highest BCUT2D eigenvalue weighted by Crippen LogP contribution is 2.34. The van der Waals surface area contributed by atoms with Gasteiger partial charge < -0.3 is 19.2 Å². The number of hydrogen-bond donors (Lipinski definition) is 2. The number of methoxy groups -OCH3 is 2. The van der Waals surface area contributed by atoms with Crippen LogP contribution in [0.4, 0.5) is 0 Å². The van der Waals surface area contributed by atoms with E-state index in [1.807, 2.05) is 42.5 Å². The molecule has 1 aromatic heterocycles. The second-order valence-electron chi connectivity index (χ2n) is 9.17. The first-order valence-corrected chi connectivity index (χ1v) is 13.1. The number of hydrogen-bond acceptors (Lipinski definition) is 6.